The van der Waals surface area contributed by atoms with E-state index in [2.05, 4.69) is 62.2 Å². The molecule has 0 saturated heterocycles. The van der Waals surface area contributed by atoms with Crippen LogP contribution in [0.5, 0.6) is 0 Å². The van der Waals surface area contributed by atoms with E-state index in [1.165, 1.54) is 26.0 Å². The van der Waals surface area contributed by atoms with Gasteiger partial charge in [-0.3, -0.25) is 0 Å². The Balaban J connectivity index is 2.31. The number of fused-ring (bicyclic) bond motifs is 1. The molecule has 194 valence electrons. The van der Waals surface area contributed by atoms with E-state index >= 15 is 0 Å². The van der Waals surface area contributed by atoms with Gasteiger partial charge in [-0.2, -0.15) is 0 Å². The van der Waals surface area contributed by atoms with Crippen molar-refractivity contribution in [3.05, 3.63) is 79.6 Å². The standard InChI is InChI=1S/C28H36N2O4S2/c1-18(2)29-13-14-30(17-19-11-9-8-10-12-19)24-22-20(35-7)15-28(3,4)16-21(22)36-25(27(32)34-6)23(24)26(31)33-5/h8-12,15-16,18,29H,13-14,17H2,1-7H3. The number of esters is 2. The smallest absolute Gasteiger partial charge is 0.345 e. The summed E-state index contributed by atoms with van der Waals surface area (Å²) < 4.78 is 10.4. The van der Waals surface area contributed by atoms with Gasteiger partial charge in [0.15, 0.2) is 0 Å². The van der Waals surface area contributed by atoms with Gasteiger partial charge < -0.3 is 19.7 Å². The Morgan fingerprint density at radius 3 is 2.33 bits per heavy atom. The lowest BCUT2D eigenvalue weighted by Crippen LogP contribution is -2.38. The molecular weight excluding hydrogens is 492 g/mol. The zero-order chi connectivity index (χ0) is 26.5. The number of carbonyl (C=O) groups excluding carboxylic acids is 2. The van der Waals surface area contributed by atoms with E-state index < -0.39 is 11.9 Å². The van der Waals surface area contributed by atoms with Crippen molar-refractivity contribution in [3.63, 3.8) is 0 Å². The molecule has 0 spiro atoms. The molecule has 1 N–H and O–H groups in total. The van der Waals surface area contributed by atoms with Crippen molar-refractivity contribution in [2.75, 3.05) is 33.6 Å². The van der Waals surface area contributed by atoms with Crippen LogP contribution in [0.2, 0.25) is 0 Å². The molecule has 1 heterocycles. The lowest BCUT2D eigenvalue weighted by molar-refractivity contribution is -0.138. The highest BCUT2D eigenvalue weighted by Gasteiger charge is 2.40. The molecule has 2 aliphatic rings. The van der Waals surface area contributed by atoms with E-state index in [9.17, 15) is 9.59 Å². The molecule has 1 aromatic carbocycles. The van der Waals surface area contributed by atoms with E-state index in [1.54, 1.807) is 11.8 Å². The number of allylic oxidation sites excluding steroid dienone is 4. The minimum Gasteiger partial charge on any atom is -0.465 e. The molecule has 3 rings (SSSR count). The molecule has 36 heavy (non-hydrogen) atoms. The zero-order valence-corrected chi connectivity index (χ0v) is 23.8. The van der Waals surface area contributed by atoms with Crippen LogP contribution >= 0.6 is 23.5 Å². The number of hydrogen-bond donors (Lipinski definition) is 1. The van der Waals surface area contributed by atoms with Crippen LogP contribution in [-0.2, 0) is 25.6 Å². The van der Waals surface area contributed by atoms with Crippen LogP contribution in [0.3, 0.4) is 0 Å². The second-order valence-corrected chi connectivity index (χ2v) is 11.5. The maximum absolute atomic E-state index is 13.3. The van der Waals surface area contributed by atoms with E-state index in [4.69, 9.17) is 9.47 Å². The van der Waals surface area contributed by atoms with Crippen molar-refractivity contribution in [3.8, 4) is 0 Å². The molecule has 1 aliphatic heterocycles. The topological polar surface area (TPSA) is 67.9 Å². The predicted octanol–water partition coefficient (Wildman–Crippen LogP) is 5.26. The highest BCUT2D eigenvalue weighted by molar-refractivity contribution is 8.08. The summed E-state index contributed by atoms with van der Waals surface area (Å²) in [6, 6.07) is 10.5. The Morgan fingerprint density at radius 2 is 1.75 bits per heavy atom. The fourth-order valence-electron chi connectivity index (χ4n) is 4.26. The van der Waals surface area contributed by atoms with Gasteiger partial charge in [0.1, 0.15) is 10.5 Å². The molecule has 1 aliphatic carbocycles. The van der Waals surface area contributed by atoms with Crippen molar-refractivity contribution >= 4 is 35.5 Å². The summed E-state index contributed by atoms with van der Waals surface area (Å²) in [5.41, 5.74) is 2.82. The Morgan fingerprint density at radius 1 is 1.08 bits per heavy atom. The van der Waals surface area contributed by atoms with Crippen LogP contribution in [0, 0.1) is 5.41 Å². The number of benzene rings is 1. The van der Waals surface area contributed by atoms with Crippen molar-refractivity contribution < 1.29 is 19.1 Å². The summed E-state index contributed by atoms with van der Waals surface area (Å²) in [6.45, 7) is 10.4. The highest BCUT2D eigenvalue weighted by atomic mass is 32.2. The van der Waals surface area contributed by atoms with E-state index in [0.717, 1.165) is 20.9 Å². The first kappa shape index (κ1) is 28.2. The number of carbonyl (C=O) groups is 2. The second-order valence-electron chi connectivity index (χ2n) is 9.57. The molecule has 0 atom stereocenters. The van der Waals surface area contributed by atoms with Gasteiger partial charge in [0.25, 0.3) is 0 Å². The molecule has 0 saturated carbocycles. The number of thioether (sulfide) groups is 2. The lowest BCUT2D eigenvalue weighted by atomic mass is 9.85. The number of hydrogen-bond acceptors (Lipinski definition) is 8. The SMILES string of the molecule is COC(=O)C1=C(C(=O)OC)C(N(CCNC(C)C)Cc2ccccc2)=C2C(SC)=CC(C)(C)C=C2S1. The molecule has 8 heteroatoms. The Bertz CT molecular complexity index is 1120. The minimum atomic E-state index is -0.551. The van der Waals surface area contributed by atoms with Crippen LogP contribution in [-0.4, -0.2) is 56.4 Å². The highest BCUT2D eigenvalue weighted by Crippen LogP contribution is 2.53. The molecule has 0 aromatic heterocycles. The largest absolute Gasteiger partial charge is 0.465 e. The lowest BCUT2D eigenvalue weighted by Gasteiger charge is -2.38. The van der Waals surface area contributed by atoms with E-state index in [-0.39, 0.29) is 15.9 Å². The van der Waals surface area contributed by atoms with Gasteiger partial charge in [-0.1, -0.05) is 81.9 Å². The van der Waals surface area contributed by atoms with Crippen molar-refractivity contribution in [1.29, 1.82) is 0 Å². The summed E-state index contributed by atoms with van der Waals surface area (Å²) in [5, 5.41) is 3.49. The monoisotopic (exact) mass is 528 g/mol. The van der Waals surface area contributed by atoms with Crippen LogP contribution in [0.15, 0.2) is 74.0 Å². The normalized spacial score (nSPS) is 16.9. The summed E-state index contributed by atoms with van der Waals surface area (Å²) in [5.74, 6) is -1.10. The Labute approximate surface area is 223 Å². The average Bonchev–Trinajstić information content (AvgIpc) is 2.85. The van der Waals surface area contributed by atoms with Crippen LogP contribution < -0.4 is 5.32 Å². The Kier molecular flexibility index (Phi) is 9.55. The maximum Gasteiger partial charge on any atom is 0.345 e. The molecule has 6 nitrogen and oxygen atoms in total. The quantitative estimate of drug-likeness (QED) is 0.413. The fraction of sp³-hybridized carbons (Fsp3) is 0.429. The van der Waals surface area contributed by atoms with Gasteiger partial charge in [-0.15, -0.1) is 11.8 Å². The van der Waals surface area contributed by atoms with Gasteiger partial charge in [0.05, 0.1) is 19.9 Å². The van der Waals surface area contributed by atoms with Gasteiger partial charge >= 0.3 is 11.9 Å². The number of rotatable bonds is 10. The number of nitrogens with zero attached hydrogens (tertiary/aromatic N) is 1. The molecule has 0 unspecified atom stereocenters. The van der Waals surface area contributed by atoms with Crippen LogP contribution in [0.4, 0.5) is 0 Å². The third-order valence-electron chi connectivity index (χ3n) is 5.86. The Hall–Kier alpha value is -2.42. The summed E-state index contributed by atoms with van der Waals surface area (Å²) >= 11 is 2.93. The third kappa shape index (κ3) is 6.47. The van der Waals surface area contributed by atoms with Gasteiger partial charge in [-0.05, 0) is 11.8 Å². The predicted molar refractivity (Wildman–Crippen MR) is 149 cm³/mol. The van der Waals surface area contributed by atoms with E-state index in [0.29, 0.717) is 31.4 Å². The van der Waals surface area contributed by atoms with Crippen LogP contribution in [0.1, 0.15) is 33.3 Å². The summed E-state index contributed by atoms with van der Waals surface area (Å²) in [4.78, 5) is 30.8. The molecule has 0 bridgehead atoms. The van der Waals surface area contributed by atoms with E-state index in [1.807, 2.05) is 24.5 Å². The van der Waals surface area contributed by atoms with Crippen LogP contribution in [0.25, 0.3) is 0 Å². The summed E-state index contributed by atoms with van der Waals surface area (Å²) in [7, 11) is 2.68. The molecule has 0 fully saturated rings. The minimum absolute atomic E-state index is 0.206. The molecular formula is C28H36N2O4S2. The number of ether oxygens (including phenoxy) is 2. The number of nitrogens with one attached hydrogen (secondary N) is 1. The molecule has 0 radical (unpaired) electrons. The first-order valence-electron chi connectivity index (χ1n) is 12.0. The zero-order valence-electron chi connectivity index (χ0n) is 22.1. The third-order valence-corrected chi connectivity index (χ3v) is 7.74. The maximum atomic E-state index is 13.3. The number of methoxy groups -OCH3 is 2. The van der Waals surface area contributed by atoms with Gasteiger partial charge in [-0.25, -0.2) is 9.59 Å². The molecule has 0 amide bonds. The summed E-state index contributed by atoms with van der Waals surface area (Å²) in [6.07, 6.45) is 6.43. The van der Waals surface area contributed by atoms with Gasteiger partial charge in [0.2, 0.25) is 0 Å². The first-order valence-corrected chi connectivity index (χ1v) is 14.0. The fourth-order valence-corrected chi connectivity index (χ4v) is 6.49. The average molecular weight is 529 g/mol. The molecule has 1 aromatic rings. The van der Waals surface area contributed by atoms with Crippen molar-refractivity contribution in [2.24, 2.45) is 5.41 Å². The van der Waals surface area contributed by atoms with Crippen molar-refractivity contribution in [1.82, 2.24) is 10.2 Å². The van der Waals surface area contributed by atoms with Gasteiger partial charge in [0, 0.05) is 46.5 Å². The second kappa shape index (κ2) is 12.2. The first-order chi connectivity index (χ1) is 17.1. The van der Waals surface area contributed by atoms with Crippen molar-refractivity contribution in [2.45, 2.75) is 40.3 Å².